The summed E-state index contributed by atoms with van der Waals surface area (Å²) in [4.78, 5) is 0. The van der Waals surface area contributed by atoms with Gasteiger partial charge >= 0.3 is 0 Å². The summed E-state index contributed by atoms with van der Waals surface area (Å²) >= 11 is 11.7. The van der Waals surface area contributed by atoms with Gasteiger partial charge in [0, 0.05) is 10.6 Å². The number of methoxy groups -OCH3 is 1. The topological polar surface area (TPSA) is 18.5 Å². The van der Waals surface area contributed by atoms with Crippen molar-refractivity contribution in [3.05, 3.63) is 58.4 Å². The van der Waals surface area contributed by atoms with E-state index in [-0.39, 0.29) is 12.4 Å². The van der Waals surface area contributed by atoms with Crippen molar-refractivity contribution in [2.45, 2.75) is 12.5 Å². The molecule has 5 heteroatoms. The average Bonchev–Trinajstić information content (AvgIpc) is 2.46. The minimum atomic E-state index is -0.415. The quantitative estimate of drug-likeness (QED) is 0.738. The Kier molecular flexibility index (Phi) is 5.10. The molecule has 0 radical (unpaired) electrons. The lowest BCUT2D eigenvalue weighted by Gasteiger charge is -2.11. The van der Waals surface area contributed by atoms with Crippen molar-refractivity contribution >= 4 is 23.2 Å². The molecule has 0 aliphatic heterocycles. The summed E-state index contributed by atoms with van der Waals surface area (Å²) in [5.41, 5.74) is 1.51. The van der Waals surface area contributed by atoms with Crippen LogP contribution >= 0.6 is 23.2 Å². The molecular formula is C15H13Cl2FO2. The van der Waals surface area contributed by atoms with Crippen LogP contribution in [0.3, 0.4) is 0 Å². The Balaban J connectivity index is 2.10. The average molecular weight is 315 g/mol. The molecule has 0 spiro atoms. The van der Waals surface area contributed by atoms with E-state index in [4.69, 9.17) is 32.7 Å². The van der Waals surface area contributed by atoms with Crippen molar-refractivity contribution in [3.63, 3.8) is 0 Å². The summed E-state index contributed by atoms with van der Waals surface area (Å²) in [6.45, 7) is 0.242. The Morgan fingerprint density at radius 3 is 2.50 bits per heavy atom. The van der Waals surface area contributed by atoms with E-state index in [1.54, 1.807) is 30.3 Å². The Morgan fingerprint density at radius 2 is 1.85 bits per heavy atom. The maximum absolute atomic E-state index is 13.6. The van der Waals surface area contributed by atoms with Gasteiger partial charge in [0.15, 0.2) is 11.6 Å². The van der Waals surface area contributed by atoms with Crippen molar-refractivity contribution in [1.29, 1.82) is 0 Å². The molecule has 2 aromatic carbocycles. The van der Waals surface area contributed by atoms with Gasteiger partial charge in [0.25, 0.3) is 0 Å². The van der Waals surface area contributed by atoms with E-state index in [1.165, 1.54) is 13.2 Å². The highest BCUT2D eigenvalue weighted by atomic mass is 35.5. The second-order valence-corrected chi connectivity index (χ2v) is 4.85. The molecule has 2 aromatic rings. The molecule has 2 nitrogen and oxygen atoms in total. The molecule has 0 aliphatic carbocycles. The zero-order valence-corrected chi connectivity index (χ0v) is 12.3. The number of hydrogen-bond donors (Lipinski definition) is 0. The van der Waals surface area contributed by atoms with Gasteiger partial charge in [-0.3, -0.25) is 0 Å². The fourth-order valence-electron chi connectivity index (χ4n) is 1.75. The van der Waals surface area contributed by atoms with Crippen molar-refractivity contribution in [2.24, 2.45) is 0 Å². The van der Waals surface area contributed by atoms with Gasteiger partial charge in [-0.25, -0.2) is 4.39 Å². The Bertz CT molecular complexity index is 602. The van der Waals surface area contributed by atoms with Crippen molar-refractivity contribution in [2.75, 3.05) is 7.11 Å². The van der Waals surface area contributed by atoms with Crippen LogP contribution in [-0.4, -0.2) is 7.11 Å². The van der Waals surface area contributed by atoms with Crippen molar-refractivity contribution in [1.82, 2.24) is 0 Å². The predicted octanol–water partition coefficient (Wildman–Crippen LogP) is 4.81. The smallest absolute Gasteiger partial charge is 0.165 e. The first-order chi connectivity index (χ1) is 9.63. The predicted molar refractivity (Wildman–Crippen MR) is 78.3 cm³/mol. The molecule has 0 unspecified atom stereocenters. The largest absolute Gasteiger partial charge is 0.494 e. The van der Waals surface area contributed by atoms with Gasteiger partial charge in [-0.05, 0) is 35.9 Å². The monoisotopic (exact) mass is 314 g/mol. The SMILES string of the molecule is COc1ccc(COc2ccc(Cl)cc2CCl)cc1F. The first-order valence-electron chi connectivity index (χ1n) is 5.93. The first kappa shape index (κ1) is 14.9. The molecular weight excluding hydrogens is 302 g/mol. The van der Waals surface area contributed by atoms with Crippen LogP contribution in [0.25, 0.3) is 0 Å². The third kappa shape index (κ3) is 3.56. The highest BCUT2D eigenvalue weighted by molar-refractivity contribution is 6.30. The summed E-state index contributed by atoms with van der Waals surface area (Å²) in [5.74, 6) is 0.733. The minimum absolute atomic E-state index is 0.210. The summed E-state index contributed by atoms with van der Waals surface area (Å²) in [6.07, 6.45) is 0. The lowest BCUT2D eigenvalue weighted by molar-refractivity contribution is 0.302. The van der Waals surface area contributed by atoms with Crippen LogP contribution < -0.4 is 9.47 Å². The third-order valence-corrected chi connectivity index (χ3v) is 3.30. The molecule has 0 aromatic heterocycles. The third-order valence-electron chi connectivity index (χ3n) is 2.78. The molecule has 0 heterocycles. The van der Waals surface area contributed by atoms with E-state index in [0.717, 1.165) is 5.56 Å². The minimum Gasteiger partial charge on any atom is -0.494 e. The van der Waals surface area contributed by atoms with Gasteiger partial charge in [0.2, 0.25) is 0 Å². The van der Waals surface area contributed by atoms with E-state index in [0.29, 0.717) is 22.2 Å². The van der Waals surface area contributed by atoms with Crippen LogP contribution in [0.1, 0.15) is 11.1 Å². The molecule has 106 valence electrons. The maximum atomic E-state index is 13.6. The Labute approximate surface area is 127 Å². The number of halogens is 3. The van der Waals surface area contributed by atoms with Crippen LogP contribution in [0.2, 0.25) is 5.02 Å². The number of alkyl halides is 1. The van der Waals surface area contributed by atoms with Crippen LogP contribution in [0.15, 0.2) is 36.4 Å². The molecule has 0 amide bonds. The van der Waals surface area contributed by atoms with Crippen molar-refractivity contribution in [3.8, 4) is 11.5 Å². The molecule has 0 atom stereocenters. The van der Waals surface area contributed by atoms with Crippen LogP contribution in [0, 0.1) is 5.82 Å². The number of rotatable bonds is 5. The molecule has 0 N–H and O–H groups in total. The highest BCUT2D eigenvalue weighted by Gasteiger charge is 2.07. The summed E-state index contributed by atoms with van der Waals surface area (Å²) in [6, 6.07) is 9.92. The van der Waals surface area contributed by atoms with E-state index >= 15 is 0 Å². The Hall–Kier alpha value is -1.45. The van der Waals surface area contributed by atoms with Gasteiger partial charge in [-0.15, -0.1) is 11.6 Å². The van der Waals surface area contributed by atoms with E-state index in [9.17, 15) is 4.39 Å². The van der Waals surface area contributed by atoms with Crippen molar-refractivity contribution < 1.29 is 13.9 Å². The normalized spacial score (nSPS) is 10.4. The number of hydrogen-bond acceptors (Lipinski definition) is 2. The number of benzene rings is 2. The van der Waals surface area contributed by atoms with Gasteiger partial charge in [-0.2, -0.15) is 0 Å². The maximum Gasteiger partial charge on any atom is 0.165 e. The first-order valence-corrected chi connectivity index (χ1v) is 6.85. The Morgan fingerprint density at radius 1 is 1.10 bits per heavy atom. The lowest BCUT2D eigenvalue weighted by atomic mass is 10.2. The molecule has 20 heavy (non-hydrogen) atoms. The van der Waals surface area contributed by atoms with E-state index in [1.807, 2.05) is 0 Å². The fraction of sp³-hybridized carbons (Fsp3) is 0.200. The zero-order chi connectivity index (χ0) is 14.5. The standard InChI is InChI=1S/C15H13Cl2FO2/c1-19-15-4-2-10(6-13(15)18)9-20-14-5-3-12(17)7-11(14)8-16/h2-7H,8-9H2,1H3. The fourth-order valence-corrected chi connectivity index (χ4v) is 2.16. The van der Waals surface area contributed by atoms with Crippen LogP contribution in [0.5, 0.6) is 11.5 Å². The lowest BCUT2D eigenvalue weighted by Crippen LogP contribution is -1.99. The molecule has 2 rings (SSSR count). The van der Waals surface area contributed by atoms with Gasteiger partial charge in [-0.1, -0.05) is 17.7 Å². The highest BCUT2D eigenvalue weighted by Crippen LogP contribution is 2.26. The molecule has 0 bridgehead atoms. The molecule has 0 fully saturated rings. The summed E-state index contributed by atoms with van der Waals surface area (Å²) < 4.78 is 24.1. The summed E-state index contributed by atoms with van der Waals surface area (Å²) in [5, 5.41) is 0.600. The number of ether oxygens (including phenoxy) is 2. The van der Waals surface area contributed by atoms with Crippen LogP contribution in [-0.2, 0) is 12.5 Å². The molecule has 0 saturated carbocycles. The van der Waals surface area contributed by atoms with Crippen LogP contribution in [0.4, 0.5) is 4.39 Å². The second kappa shape index (κ2) is 6.82. The van der Waals surface area contributed by atoms with Gasteiger partial charge < -0.3 is 9.47 Å². The second-order valence-electron chi connectivity index (χ2n) is 4.14. The zero-order valence-electron chi connectivity index (χ0n) is 10.8. The molecule has 0 saturated heterocycles. The van der Waals surface area contributed by atoms with E-state index < -0.39 is 5.82 Å². The van der Waals surface area contributed by atoms with E-state index in [2.05, 4.69) is 0 Å². The van der Waals surface area contributed by atoms with Gasteiger partial charge in [0.05, 0.1) is 13.0 Å². The van der Waals surface area contributed by atoms with Gasteiger partial charge in [0.1, 0.15) is 12.4 Å². The summed E-state index contributed by atoms with van der Waals surface area (Å²) in [7, 11) is 1.43. The molecule has 0 aliphatic rings.